The highest BCUT2D eigenvalue weighted by Gasteiger charge is 2.71. The fourth-order valence-electron chi connectivity index (χ4n) is 4.62. The first kappa shape index (κ1) is 29.3. The maximum Gasteiger partial charge on any atom is 0.430 e. The first-order chi connectivity index (χ1) is 18.8. The number of urea groups is 1. The molecule has 1 saturated heterocycles. The van der Waals surface area contributed by atoms with Crippen molar-refractivity contribution in [2.75, 3.05) is 23.7 Å². The van der Waals surface area contributed by atoms with E-state index in [9.17, 15) is 40.6 Å². The molecular formula is C26H25F7N4O3. The summed E-state index contributed by atoms with van der Waals surface area (Å²) in [6.07, 6.45) is -7.25. The number of amides is 2. The fraction of sp³-hybridized carbons (Fsp3) is 0.385. The molecule has 216 valence electrons. The lowest BCUT2D eigenvalue weighted by molar-refractivity contribution is -0.376. The van der Waals surface area contributed by atoms with Gasteiger partial charge in [-0.1, -0.05) is 35.5 Å². The Bertz CT molecular complexity index is 1270. The molecule has 1 fully saturated rings. The van der Waals surface area contributed by atoms with Crippen molar-refractivity contribution in [1.82, 2.24) is 10.1 Å². The number of halogens is 7. The van der Waals surface area contributed by atoms with Crippen LogP contribution in [0, 0.1) is 11.7 Å². The summed E-state index contributed by atoms with van der Waals surface area (Å²) in [6.45, 7) is 1.58. The van der Waals surface area contributed by atoms with E-state index in [1.807, 2.05) is 4.90 Å². The molecule has 0 atom stereocenters. The van der Waals surface area contributed by atoms with Gasteiger partial charge in [0.1, 0.15) is 17.8 Å². The number of carbonyl (C=O) groups is 1. The highest BCUT2D eigenvalue weighted by molar-refractivity contribution is 5.99. The minimum Gasteiger partial charge on any atom is -0.369 e. The second kappa shape index (κ2) is 11.5. The molecular weight excluding hydrogens is 549 g/mol. The number of benzene rings is 2. The molecule has 0 bridgehead atoms. The number of aromatic nitrogens is 1. The predicted molar refractivity (Wildman–Crippen MR) is 130 cm³/mol. The number of rotatable bonds is 7. The van der Waals surface area contributed by atoms with E-state index in [2.05, 4.69) is 20.3 Å². The second-order valence-corrected chi connectivity index (χ2v) is 9.63. The summed E-state index contributed by atoms with van der Waals surface area (Å²) >= 11 is 0. The molecule has 1 aliphatic rings. The zero-order valence-electron chi connectivity index (χ0n) is 20.8. The molecule has 2 aromatic carbocycles. The zero-order valence-corrected chi connectivity index (χ0v) is 20.8. The largest absolute Gasteiger partial charge is 0.430 e. The fourth-order valence-corrected chi connectivity index (χ4v) is 4.62. The quantitative estimate of drug-likeness (QED) is 0.292. The highest BCUT2D eigenvalue weighted by atomic mass is 19.4. The number of anilines is 2. The Kier molecular flexibility index (Phi) is 8.40. The molecule has 4 rings (SSSR count). The number of hydrogen-bond donors (Lipinski definition) is 3. The van der Waals surface area contributed by atoms with Crippen molar-refractivity contribution in [2.45, 2.75) is 43.8 Å². The number of piperidine rings is 1. The second-order valence-electron chi connectivity index (χ2n) is 9.63. The minimum atomic E-state index is -5.93. The van der Waals surface area contributed by atoms with Gasteiger partial charge in [-0.2, -0.15) is 26.3 Å². The minimum absolute atomic E-state index is 0.00227. The summed E-state index contributed by atoms with van der Waals surface area (Å²) in [5, 5.41) is 17.8. The molecule has 3 aromatic rings. The lowest BCUT2D eigenvalue weighted by atomic mass is 9.89. The molecule has 0 aliphatic carbocycles. The van der Waals surface area contributed by atoms with Crippen LogP contribution >= 0.6 is 0 Å². The van der Waals surface area contributed by atoms with Crippen molar-refractivity contribution in [3.05, 3.63) is 77.4 Å². The van der Waals surface area contributed by atoms with Crippen LogP contribution in [-0.2, 0) is 18.6 Å². The van der Waals surface area contributed by atoms with Gasteiger partial charge >= 0.3 is 18.4 Å². The molecule has 0 unspecified atom stereocenters. The number of likely N-dealkylation sites (tertiary alicyclic amines) is 1. The SMILES string of the molecule is O=C(Nc1cnoc1)Nc1ccc(CC2CCN(Cc3ccc(C(O)(C(F)(F)F)C(F)(F)F)cc3)CC2)cc1F. The third-order valence-electron chi connectivity index (χ3n) is 6.80. The van der Waals surface area contributed by atoms with Crippen LogP contribution in [0.25, 0.3) is 0 Å². The van der Waals surface area contributed by atoms with E-state index in [1.54, 1.807) is 6.07 Å². The third kappa shape index (κ3) is 6.55. The van der Waals surface area contributed by atoms with Crippen LogP contribution in [0.5, 0.6) is 0 Å². The summed E-state index contributed by atoms with van der Waals surface area (Å²) in [4.78, 5) is 14.0. The van der Waals surface area contributed by atoms with Crippen LogP contribution in [0.1, 0.15) is 29.5 Å². The Balaban J connectivity index is 1.28. The molecule has 3 N–H and O–H groups in total. The number of aliphatic hydroxyl groups is 1. The topological polar surface area (TPSA) is 90.6 Å². The van der Waals surface area contributed by atoms with Crippen LogP contribution in [0.4, 0.5) is 46.9 Å². The maximum absolute atomic E-state index is 14.6. The summed E-state index contributed by atoms with van der Waals surface area (Å²) in [7, 11) is 0. The molecule has 0 saturated carbocycles. The van der Waals surface area contributed by atoms with Gasteiger partial charge < -0.3 is 20.3 Å². The Labute approximate surface area is 223 Å². The lowest BCUT2D eigenvalue weighted by Crippen LogP contribution is -2.53. The number of alkyl halides is 6. The van der Waals surface area contributed by atoms with Gasteiger partial charge in [-0.25, -0.2) is 9.18 Å². The number of carbonyl (C=O) groups excluding carboxylic acids is 1. The van der Waals surface area contributed by atoms with Gasteiger partial charge in [0, 0.05) is 12.1 Å². The van der Waals surface area contributed by atoms with E-state index >= 15 is 0 Å². The van der Waals surface area contributed by atoms with Crippen LogP contribution in [-0.4, -0.2) is 46.6 Å². The highest BCUT2D eigenvalue weighted by Crippen LogP contribution is 2.50. The lowest BCUT2D eigenvalue weighted by Gasteiger charge is -2.33. The van der Waals surface area contributed by atoms with E-state index in [0.29, 0.717) is 49.4 Å². The molecule has 1 aliphatic heterocycles. The summed E-state index contributed by atoms with van der Waals surface area (Å²) in [5.41, 5.74) is -4.67. The normalized spacial score (nSPS) is 15.7. The van der Waals surface area contributed by atoms with Crippen molar-refractivity contribution in [3.8, 4) is 0 Å². The average molecular weight is 574 g/mol. The Hall–Kier alpha value is -3.65. The zero-order chi connectivity index (χ0) is 29.1. The molecule has 2 heterocycles. The van der Waals surface area contributed by atoms with Gasteiger partial charge in [0.25, 0.3) is 5.60 Å². The first-order valence-electron chi connectivity index (χ1n) is 12.2. The van der Waals surface area contributed by atoms with Crippen molar-refractivity contribution in [2.24, 2.45) is 5.92 Å². The van der Waals surface area contributed by atoms with Crippen molar-refractivity contribution >= 4 is 17.4 Å². The van der Waals surface area contributed by atoms with Crippen molar-refractivity contribution < 1.29 is 45.2 Å². The summed E-state index contributed by atoms with van der Waals surface area (Å²) in [5.74, 6) is -0.357. The number of nitrogens with zero attached hydrogens (tertiary/aromatic N) is 2. The Morgan fingerprint density at radius 3 is 2.15 bits per heavy atom. The molecule has 0 spiro atoms. The van der Waals surface area contributed by atoms with E-state index in [0.717, 1.165) is 30.5 Å². The molecule has 14 heteroatoms. The summed E-state index contributed by atoms with van der Waals surface area (Å²) < 4.78 is 97.7. The van der Waals surface area contributed by atoms with Crippen molar-refractivity contribution in [1.29, 1.82) is 0 Å². The number of nitrogens with one attached hydrogen (secondary N) is 2. The van der Waals surface area contributed by atoms with Gasteiger partial charge in [-0.3, -0.25) is 4.90 Å². The molecule has 40 heavy (non-hydrogen) atoms. The maximum atomic E-state index is 14.6. The van der Waals surface area contributed by atoms with E-state index < -0.39 is 35.4 Å². The van der Waals surface area contributed by atoms with Crippen LogP contribution < -0.4 is 10.6 Å². The predicted octanol–water partition coefficient (Wildman–Crippen LogP) is 6.22. The van der Waals surface area contributed by atoms with Gasteiger partial charge in [-0.05, 0) is 61.5 Å². The monoisotopic (exact) mass is 574 g/mol. The standard InChI is InChI=1S/C26H25F7N4O3/c27-21-12-18(3-6-22(21)36-23(38)35-20-13-34-40-15-20)11-16-7-9-37(10-8-16)14-17-1-4-19(5-2-17)24(39,25(28,29)30)26(31,32)33/h1-6,12-13,15-16,39H,7-11,14H2,(H2,35,36,38). The Morgan fingerprint density at radius 2 is 1.60 bits per heavy atom. The van der Waals surface area contributed by atoms with E-state index in [1.165, 1.54) is 24.6 Å². The Morgan fingerprint density at radius 1 is 0.975 bits per heavy atom. The van der Waals surface area contributed by atoms with Crippen LogP contribution in [0.15, 0.2) is 59.4 Å². The first-order valence-corrected chi connectivity index (χ1v) is 12.2. The van der Waals surface area contributed by atoms with Crippen molar-refractivity contribution in [3.63, 3.8) is 0 Å². The van der Waals surface area contributed by atoms with Gasteiger partial charge in [-0.15, -0.1) is 0 Å². The third-order valence-corrected chi connectivity index (χ3v) is 6.80. The molecule has 1 aromatic heterocycles. The van der Waals surface area contributed by atoms with Crippen LogP contribution in [0.2, 0.25) is 0 Å². The van der Waals surface area contributed by atoms with Gasteiger partial charge in [0.05, 0.1) is 11.9 Å². The molecule has 2 amide bonds. The van der Waals surface area contributed by atoms with E-state index in [-0.39, 0.29) is 11.6 Å². The van der Waals surface area contributed by atoms with Gasteiger partial charge in [0.15, 0.2) is 0 Å². The van der Waals surface area contributed by atoms with E-state index in [4.69, 9.17) is 0 Å². The number of hydrogen-bond acceptors (Lipinski definition) is 5. The molecule has 0 radical (unpaired) electrons. The smallest absolute Gasteiger partial charge is 0.369 e. The van der Waals surface area contributed by atoms with Gasteiger partial charge in [0.2, 0.25) is 0 Å². The summed E-state index contributed by atoms with van der Waals surface area (Å²) in [6, 6.07) is 7.47. The average Bonchev–Trinajstić information content (AvgIpc) is 3.38. The molecule has 7 nitrogen and oxygen atoms in total. The van der Waals surface area contributed by atoms with Crippen LogP contribution in [0.3, 0.4) is 0 Å².